The highest BCUT2D eigenvalue weighted by Crippen LogP contribution is 2.36. The number of benzene rings is 1. The van der Waals surface area contributed by atoms with Crippen molar-refractivity contribution >= 4 is 10.1 Å². The van der Waals surface area contributed by atoms with Gasteiger partial charge in [-0.25, -0.2) is 0 Å². The summed E-state index contributed by atoms with van der Waals surface area (Å²) >= 11 is 0. The summed E-state index contributed by atoms with van der Waals surface area (Å²) in [7, 11) is -3.45. The fourth-order valence-electron chi connectivity index (χ4n) is 1.72. The number of epoxide rings is 1. The molecule has 0 aliphatic carbocycles. The molecule has 1 aromatic carbocycles. The van der Waals surface area contributed by atoms with Crippen molar-refractivity contribution in [2.45, 2.75) is 12.5 Å². The monoisotopic (exact) mass is 256 g/mol. The summed E-state index contributed by atoms with van der Waals surface area (Å²) in [6.07, 6.45) is 0.598. The SMILES string of the molecule is O=S1(=O)CCc2cccc(OCC3CO3)c2O1. The third-order valence-corrected chi connectivity index (χ3v) is 3.84. The molecule has 1 saturated heterocycles. The Bertz CT molecular complexity index is 533. The minimum atomic E-state index is -3.45. The van der Waals surface area contributed by atoms with E-state index in [1.165, 1.54) is 0 Å². The Morgan fingerprint density at radius 3 is 3.00 bits per heavy atom. The van der Waals surface area contributed by atoms with E-state index in [0.717, 1.165) is 5.56 Å². The first-order valence-corrected chi connectivity index (χ1v) is 7.00. The van der Waals surface area contributed by atoms with Crippen LogP contribution in [0.1, 0.15) is 5.56 Å². The number of para-hydroxylation sites is 1. The van der Waals surface area contributed by atoms with Gasteiger partial charge in [0.1, 0.15) is 12.7 Å². The van der Waals surface area contributed by atoms with E-state index in [-0.39, 0.29) is 11.9 Å². The molecule has 1 fully saturated rings. The fraction of sp³-hybridized carbons (Fsp3) is 0.455. The third kappa shape index (κ3) is 2.37. The quantitative estimate of drug-likeness (QED) is 0.589. The third-order valence-electron chi connectivity index (χ3n) is 2.72. The van der Waals surface area contributed by atoms with Crippen LogP contribution in [0.25, 0.3) is 0 Å². The maximum absolute atomic E-state index is 11.4. The van der Waals surface area contributed by atoms with Gasteiger partial charge in [-0.3, -0.25) is 0 Å². The molecule has 5 nitrogen and oxygen atoms in total. The van der Waals surface area contributed by atoms with Crippen molar-refractivity contribution in [1.29, 1.82) is 0 Å². The maximum Gasteiger partial charge on any atom is 0.309 e. The second kappa shape index (κ2) is 3.89. The summed E-state index contributed by atoms with van der Waals surface area (Å²) in [4.78, 5) is 0. The summed E-state index contributed by atoms with van der Waals surface area (Å²) < 4.78 is 38.4. The number of ether oxygens (including phenoxy) is 2. The van der Waals surface area contributed by atoms with Gasteiger partial charge in [0.2, 0.25) is 0 Å². The second-order valence-electron chi connectivity index (χ2n) is 4.11. The van der Waals surface area contributed by atoms with E-state index in [0.29, 0.717) is 31.1 Å². The van der Waals surface area contributed by atoms with Crippen molar-refractivity contribution in [1.82, 2.24) is 0 Å². The molecule has 2 aliphatic rings. The normalized spacial score (nSPS) is 24.6. The molecule has 0 amide bonds. The Morgan fingerprint density at radius 2 is 2.24 bits per heavy atom. The number of aryl methyl sites for hydroxylation is 1. The average molecular weight is 256 g/mol. The molecule has 2 aliphatic heterocycles. The molecule has 3 rings (SSSR count). The summed E-state index contributed by atoms with van der Waals surface area (Å²) in [5, 5.41) is 0. The van der Waals surface area contributed by atoms with Crippen LogP contribution in [-0.4, -0.2) is 33.5 Å². The summed E-state index contributed by atoms with van der Waals surface area (Å²) in [6.45, 7) is 1.13. The highest BCUT2D eigenvalue weighted by atomic mass is 32.2. The van der Waals surface area contributed by atoms with Gasteiger partial charge in [0, 0.05) is 5.56 Å². The Balaban J connectivity index is 1.87. The number of hydrogen-bond donors (Lipinski definition) is 0. The highest BCUT2D eigenvalue weighted by molar-refractivity contribution is 7.87. The first-order chi connectivity index (χ1) is 8.14. The van der Waals surface area contributed by atoms with Gasteiger partial charge in [0.25, 0.3) is 0 Å². The molecular weight excluding hydrogens is 244 g/mol. The summed E-state index contributed by atoms with van der Waals surface area (Å²) in [6, 6.07) is 5.40. The molecule has 0 saturated carbocycles. The predicted octanol–water partition coefficient (Wildman–Crippen LogP) is 0.729. The zero-order valence-electron chi connectivity index (χ0n) is 9.09. The molecule has 6 heteroatoms. The summed E-state index contributed by atoms with van der Waals surface area (Å²) in [5.41, 5.74) is 0.869. The van der Waals surface area contributed by atoms with E-state index in [1.807, 2.05) is 12.1 Å². The smallest absolute Gasteiger partial charge is 0.309 e. The largest absolute Gasteiger partial charge is 0.487 e. The minimum absolute atomic E-state index is 0.0230. The van der Waals surface area contributed by atoms with Gasteiger partial charge in [-0.05, 0) is 12.5 Å². The molecule has 0 radical (unpaired) electrons. The van der Waals surface area contributed by atoms with Crippen molar-refractivity contribution in [2.24, 2.45) is 0 Å². The maximum atomic E-state index is 11.4. The zero-order chi connectivity index (χ0) is 11.9. The van der Waals surface area contributed by atoms with Gasteiger partial charge in [0.15, 0.2) is 11.5 Å². The van der Waals surface area contributed by atoms with Crippen LogP contribution in [0, 0.1) is 0 Å². The molecule has 1 unspecified atom stereocenters. The minimum Gasteiger partial charge on any atom is -0.487 e. The average Bonchev–Trinajstić information content (AvgIpc) is 3.09. The Kier molecular flexibility index (Phi) is 2.48. The van der Waals surface area contributed by atoms with Gasteiger partial charge < -0.3 is 13.7 Å². The molecule has 92 valence electrons. The van der Waals surface area contributed by atoms with Gasteiger partial charge in [-0.1, -0.05) is 12.1 Å². The van der Waals surface area contributed by atoms with E-state index < -0.39 is 10.1 Å². The summed E-state index contributed by atoms with van der Waals surface area (Å²) in [5.74, 6) is 0.829. The van der Waals surface area contributed by atoms with E-state index in [4.69, 9.17) is 13.7 Å². The van der Waals surface area contributed by atoms with Crippen LogP contribution in [0.3, 0.4) is 0 Å². The standard InChI is InChI=1S/C11H12O5S/c12-17(13)5-4-8-2-1-3-10(11(8)16-17)15-7-9-6-14-9/h1-3,9H,4-7H2. The molecular formula is C11H12O5S. The molecule has 1 atom stereocenters. The van der Waals surface area contributed by atoms with E-state index in [2.05, 4.69) is 0 Å². The van der Waals surface area contributed by atoms with Gasteiger partial charge in [0.05, 0.1) is 12.4 Å². The van der Waals surface area contributed by atoms with Crippen LogP contribution in [0.2, 0.25) is 0 Å². The zero-order valence-corrected chi connectivity index (χ0v) is 9.90. The Morgan fingerprint density at radius 1 is 1.41 bits per heavy atom. The van der Waals surface area contributed by atoms with Gasteiger partial charge in [-0.15, -0.1) is 0 Å². The predicted molar refractivity (Wildman–Crippen MR) is 59.8 cm³/mol. The van der Waals surface area contributed by atoms with Crippen LogP contribution in [0.5, 0.6) is 11.5 Å². The Hall–Kier alpha value is -1.27. The molecule has 0 bridgehead atoms. The molecule has 0 aromatic heterocycles. The molecule has 0 spiro atoms. The van der Waals surface area contributed by atoms with Crippen molar-refractivity contribution in [2.75, 3.05) is 19.0 Å². The molecule has 17 heavy (non-hydrogen) atoms. The van der Waals surface area contributed by atoms with Crippen LogP contribution < -0.4 is 8.92 Å². The lowest BCUT2D eigenvalue weighted by Gasteiger charge is -2.19. The lowest BCUT2D eigenvalue weighted by atomic mass is 10.1. The van der Waals surface area contributed by atoms with Crippen LogP contribution in [0.15, 0.2) is 18.2 Å². The molecule has 0 N–H and O–H groups in total. The molecule has 1 aromatic rings. The number of hydrogen-bond acceptors (Lipinski definition) is 5. The van der Waals surface area contributed by atoms with Crippen molar-refractivity contribution in [3.8, 4) is 11.5 Å². The number of fused-ring (bicyclic) bond motifs is 1. The number of rotatable bonds is 3. The van der Waals surface area contributed by atoms with Crippen molar-refractivity contribution in [3.05, 3.63) is 23.8 Å². The van der Waals surface area contributed by atoms with Crippen LogP contribution >= 0.6 is 0 Å². The molecule has 2 heterocycles. The highest BCUT2D eigenvalue weighted by Gasteiger charge is 2.27. The van der Waals surface area contributed by atoms with Crippen molar-refractivity contribution in [3.63, 3.8) is 0 Å². The van der Waals surface area contributed by atoms with Crippen LogP contribution in [-0.2, 0) is 21.3 Å². The first kappa shape index (κ1) is 10.9. The van der Waals surface area contributed by atoms with Gasteiger partial charge >= 0.3 is 10.1 Å². The van der Waals surface area contributed by atoms with E-state index in [1.54, 1.807) is 6.07 Å². The van der Waals surface area contributed by atoms with Crippen molar-refractivity contribution < 1.29 is 22.1 Å². The lowest BCUT2D eigenvalue weighted by Crippen LogP contribution is -2.22. The lowest BCUT2D eigenvalue weighted by molar-refractivity contribution is 0.257. The van der Waals surface area contributed by atoms with Crippen LogP contribution in [0.4, 0.5) is 0 Å². The topological polar surface area (TPSA) is 65.1 Å². The van der Waals surface area contributed by atoms with E-state index >= 15 is 0 Å². The van der Waals surface area contributed by atoms with E-state index in [9.17, 15) is 8.42 Å². The first-order valence-electron chi connectivity index (χ1n) is 5.42. The second-order valence-corrected chi connectivity index (χ2v) is 5.80. The van der Waals surface area contributed by atoms with Gasteiger partial charge in [-0.2, -0.15) is 8.42 Å². The Labute approximate surface area is 99.4 Å². The fourth-order valence-corrected chi connectivity index (χ4v) is 2.71.